The van der Waals surface area contributed by atoms with Crippen LogP contribution in [-0.4, -0.2) is 61.6 Å². The largest absolute Gasteiger partial charge is 0.492 e. The molecule has 1 saturated heterocycles. The zero-order valence-electron chi connectivity index (χ0n) is 15.6. The number of halogens is 1. The van der Waals surface area contributed by atoms with E-state index in [0.29, 0.717) is 30.2 Å². The molecule has 0 aliphatic carbocycles. The lowest BCUT2D eigenvalue weighted by atomic mass is 10.2. The molecule has 0 radical (unpaired) electrons. The molecule has 3 rings (SSSR count). The molecule has 1 heterocycles. The fourth-order valence-corrected chi connectivity index (χ4v) is 3.06. The van der Waals surface area contributed by atoms with Crippen molar-refractivity contribution in [3.8, 4) is 11.8 Å². The van der Waals surface area contributed by atoms with Gasteiger partial charge in [0.05, 0.1) is 18.2 Å². The lowest BCUT2D eigenvalue weighted by Crippen LogP contribution is -2.49. The van der Waals surface area contributed by atoms with Gasteiger partial charge < -0.3 is 10.1 Å². The predicted octanol–water partition coefficient (Wildman–Crippen LogP) is 2.33. The summed E-state index contributed by atoms with van der Waals surface area (Å²) in [7, 11) is 0. The van der Waals surface area contributed by atoms with E-state index in [4.69, 9.17) is 10.00 Å². The van der Waals surface area contributed by atoms with Crippen LogP contribution in [0.25, 0.3) is 0 Å². The molecule has 0 bridgehead atoms. The van der Waals surface area contributed by atoms with Gasteiger partial charge in [-0.05, 0) is 42.5 Å². The summed E-state index contributed by atoms with van der Waals surface area (Å²) in [6.45, 7) is 5.02. The Labute approximate surface area is 164 Å². The summed E-state index contributed by atoms with van der Waals surface area (Å²) >= 11 is 0. The zero-order chi connectivity index (χ0) is 19.8. The van der Waals surface area contributed by atoms with Crippen LogP contribution < -0.4 is 10.1 Å². The smallest absolute Gasteiger partial charge is 0.238 e. The van der Waals surface area contributed by atoms with Gasteiger partial charge >= 0.3 is 0 Å². The molecule has 1 aliphatic heterocycles. The maximum atomic E-state index is 12.9. The Balaban J connectivity index is 1.34. The highest BCUT2D eigenvalue weighted by atomic mass is 19.1. The lowest BCUT2D eigenvalue weighted by molar-refractivity contribution is -0.117. The number of nitriles is 1. The van der Waals surface area contributed by atoms with Gasteiger partial charge in [-0.15, -0.1) is 0 Å². The van der Waals surface area contributed by atoms with Crippen molar-refractivity contribution in [1.82, 2.24) is 9.80 Å². The molecule has 1 aliphatic rings. The average Bonchev–Trinajstić information content (AvgIpc) is 2.71. The molecule has 2 aromatic rings. The number of anilines is 1. The first-order chi connectivity index (χ1) is 13.6. The van der Waals surface area contributed by atoms with E-state index >= 15 is 0 Å². The molecule has 2 aromatic carbocycles. The van der Waals surface area contributed by atoms with Gasteiger partial charge in [0.15, 0.2) is 0 Å². The van der Waals surface area contributed by atoms with E-state index in [1.54, 1.807) is 24.3 Å². The number of hydrogen-bond acceptors (Lipinski definition) is 5. The Morgan fingerprint density at radius 1 is 1.11 bits per heavy atom. The van der Waals surface area contributed by atoms with Gasteiger partial charge in [-0.1, -0.05) is 6.07 Å². The second kappa shape index (κ2) is 9.83. The van der Waals surface area contributed by atoms with Gasteiger partial charge in [0.25, 0.3) is 0 Å². The Morgan fingerprint density at radius 2 is 1.82 bits per heavy atom. The van der Waals surface area contributed by atoms with Gasteiger partial charge in [-0.2, -0.15) is 5.26 Å². The van der Waals surface area contributed by atoms with E-state index in [1.165, 1.54) is 12.1 Å². The Bertz CT molecular complexity index is 827. The minimum Gasteiger partial charge on any atom is -0.492 e. The van der Waals surface area contributed by atoms with Crippen molar-refractivity contribution in [2.24, 2.45) is 0 Å². The first kappa shape index (κ1) is 19.8. The van der Waals surface area contributed by atoms with E-state index in [1.807, 2.05) is 12.1 Å². The second-order valence-corrected chi connectivity index (χ2v) is 6.66. The first-order valence-corrected chi connectivity index (χ1v) is 9.25. The Kier molecular flexibility index (Phi) is 6.95. The van der Waals surface area contributed by atoms with E-state index in [2.05, 4.69) is 21.2 Å². The maximum absolute atomic E-state index is 12.9. The molecule has 146 valence electrons. The molecule has 1 N–H and O–H groups in total. The number of nitrogens with zero attached hydrogens (tertiary/aromatic N) is 3. The van der Waals surface area contributed by atoms with Gasteiger partial charge in [0, 0.05) is 38.4 Å². The summed E-state index contributed by atoms with van der Waals surface area (Å²) in [4.78, 5) is 16.5. The van der Waals surface area contributed by atoms with Crippen LogP contribution in [0.5, 0.6) is 5.75 Å². The van der Waals surface area contributed by atoms with Gasteiger partial charge in [-0.3, -0.25) is 14.6 Å². The molecule has 7 heteroatoms. The molecular weight excluding hydrogens is 359 g/mol. The zero-order valence-corrected chi connectivity index (χ0v) is 15.6. The molecule has 1 fully saturated rings. The number of nitrogens with one attached hydrogen (secondary N) is 1. The summed E-state index contributed by atoms with van der Waals surface area (Å²) < 4.78 is 18.6. The molecule has 0 saturated carbocycles. The van der Waals surface area contributed by atoms with E-state index in [0.717, 1.165) is 32.7 Å². The third-order valence-corrected chi connectivity index (χ3v) is 4.60. The van der Waals surface area contributed by atoms with Crippen LogP contribution in [0, 0.1) is 17.1 Å². The van der Waals surface area contributed by atoms with Crippen LogP contribution in [0.15, 0.2) is 48.5 Å². The van der Waals surface area contributed by atoms with Crippen LogP contribution in [0.3, 0.4) is 0 Å². The average molecular weight is 382 g/mol. The fraction of sp³-hybridized carbons (Fsp3) is 0.333. The number of hydrogen-bond donors (Lipinski definition) is 1. The van der Waals surface area contributed by atoms with E-state index in [-0.39, 0.29) is 11.7 Å². The molecule has 6 nitrogen and oxygen atoms in total. The predicted molar refractivity (Wildman–Crippen MR) is 105 cm³/mol. The number of benzene rings is 2. The number of piperazine rings is 1. The molecule has 0 aromatic heterocycles. The number of rotatable bonds is 7. The summed E-state index contributed by atoms with van der Waals surface area (Å²) in [6, 6.07) is 15.0. The molecule has 28 heavy (non-hydrogen) atoms. The normalized spacial score (nSPS) is 15.0. The Hall–Kier alpha value is -2.95. The molecule has 0 unspecified atom stereocenters. The highest BCUT2D eigenvalue weighted by molar-refractivity contribution is 5.92. The quantitative estimate of drug-likeness (QED) is 0.796. The van der Waals surface area contributed by atoms with Crippen molar-refractivity contribution < 1.29 is 13.9 Å². The number of ether oxygens (including phenoxy) is 1. The van der Waals surface area contributed by atoms with Crippen LogP contribution in [-0.2, 0) is 4.79 Å². The number of carbonyl (C=O) groups is 1. The van der Waals surface area contributed by atoms with Gasteiger partial charge in [-0.25, -0.2) is 4.39 Å². The van der Waals surface area contributed by atoms with Crippen LogP contribution in [0.2, 0.25) is 0 Å². The van der Waals surface area contributed by atoms with Gasteiger partial charge in [0.1, 0.15) is 18.2 Å². The highest BCUT2D eigenvalue weighted by Gasteiger charge is 2.18. The SMILES string of the molecule is N#Cc1cccc(OCCN2CCN(CC(=O)Nc3ccc(F)cc3)CC2)c1. The fourth-order valence-electron chi connectivity index (χ4n) is 3.06. The van der Waals surface area contributed by atoms with Crippen LogP contribution >= 0.6 is 0 Å². The van der Waals surface area contributed by atoms with Crippen LogP contribution in [0.4, 0.5) is 10.1 Å². The van der Waals surface area contributed by atoms with E-state index in [9.17, 15) is 9.18 Å². The minimum absolute atomic E-state index is 0.0965. The Morgan fingerprint density at radius 3 is 2.54 bits per heavy atom. The van der Waals surface area contributed by atoms with Crippen molar-refractivity contribution in [1.29, 1.82) is 5.26 Å². The molecule has 1 amide bonds. The highest BCUT2D eigenvalue weighted by Crippen LogP contribution is 2.13. The summed E-state index contributed by atoms with van der Waals surface area (Å²) in [5.74, 6) is 0.284. The standard InChI is InChI=1S/C21H23FN4O2/c22-18-4-6-19(7-5-18)24-21(27)16-26-10-8-25(9-11-26)12-13-28-20-3-1-2-17(14-20)15-23/h1-7,14H,8-13,16H2,(H,24,27). The van der Waals surface area contributed by atoms with Crippen molar-refractivity contribution in [3.05, 3.63) is 59.9 Å². The second-order valence-electron chi connectivity index (χ2n) is 6.66. The topological polar surface area (TPSA) is 68.6 Å². The number of carbonyl (C=O) groups excluding carboxylic acids is 1. The third-order valence-electron chi connectivity index (χ3n) is 4.60. The van der Waals surface area contributed by atoms with E-state index < -0.39 is 0 Å². The van der Waals surface area contributed by atoms with Crippen LogP contribution in [0.1, 0.15) is 5.56 Å². The maximum Gasteiger partial charge on any atom is 0.238 e. The molecule has 0 spiro atoms. The first-order valence-electron chi connectivity index (χ1n) is 9.25. The summed E-state index contributed by atoms with van der Waals surface area (Å²) in [5.41, 5.74) is 1.19. The van der Waals surface area contributed by atoms with Crippen molar-refractivity contribution >= 4 is 11.6 Å². The number of amides is 1. The van der Waals surface area contributed by atoms with Gasteiger partial charge in [0.2, 0.25) is 5.91 Å². The van der Waals surface area contributed by atoms with Crippen molar-refractivity contribution in [2.45, 2.75) is 0 Å². The molecular formula is C21H23FN4O2. The molecule has 0 atom stereocenters. The minimum atomic E-state index is -0.323. The van der Waals surface area contributed by atoms with Crippen molar-refractivity contribution in [2.75, 3.05) is 51.2 Å². The summed E-state index contributed by atoms with van der Waals surface area (Å²) in [6.07, 6.45) is 0. The summed E-state index contributed by atoms with van der Waals surface area (Å²) in [5, 5.41) is 11.7. The third kappa shape index (κ3) is 6.05. The van der Waals surface area contributed by atoms with Crippen molar-refractivity contribution in [3.63, 3.8) is 0 Å². The lowest BCUT2D eigenvalue weighted by Gasteiger charge is -2.34. The monoisotopic (exact) mass is 382 g/mol.